The van der Waals surface area contributed by atoms with Crippen LogP contribution >= 0.6 is 0 Å². The van der Waals surface area contributed by atoms with Gasteiger partial charge in [-0.1, -0.05) is 19.3 Å². The summed E-state index contributed by atoms with van der Waals surface area (Å²) in [6, 6.07) is 0.219. The topological polar surface area (TPSA) is 72.9 Å². The van der Waals surface area contributed by atoms with Crippen molar-refractivity contribution in [1.29, 1.82) is 0 Å². The van der Waals surface area contributed by atoms with E-state index in [1.165, 1.54) is 17.3 Å². The highest BCUT2D eigenvalue weighted by Gasteiger charge is 2.20. The van der Waals surface area contributed by atoms with Crippen LogP contribution in [0.25, 0.3) is 0 Å². The van der Waals surface area contributed by atoms with Crippen LogP contribution in [0.15, 0.2) is 6.20 Å². The number of nitrogen functional groups attached to an aromatic ring is 1. The van der Waals surface area contributed by atoms with Crippen molar-refractivity contribution in [3.63, 3.8) is 0 Å². The lowest BCUT2D eigenvalue weighted by Gasteiger charge is -2.22. The third-order valence-electron chi connectivity index (χ3n) is 3.26. The molecule has 6 heteroatoms. The number of alkyl halides is 1. The van der Waals surface area contributed by atoms with Gasteiger partial charge in [0.1, 0.15) is 6.67 Å². The van der Waals surface area contributed by atoms with E-state index in [-0.39, 0.29) is 24.2 Å². The van der Waals surface area contributed by atoms with E-state index in [0.717, 1.165) is 25.7 Å². The van der Waals surface area contributed by atoms with Gasteiger partial charge in [0.2, 0.25) is 0 Å². The summed E-state index contributed by atoms with van der Waals surface area (Å²) in [4.78, 5) is 12.0. The Morgan fingerprint density at radius 2 is 2.22 bits per heavy atom. The molecule has 1 aromatic heterocycles. The maximum atomic E-state index is 12.2. The predicted octanol–water partition coefficient (Wildman–Crippen LogP) is 1.50. The Labute approximate surface area is 106 Å². The van der Waals surface area contributed by atoms with E-state index in [4.69, 9.17) is 5.73 Å². The fourth-order valence-electron chi connectivity index (χ4n) is 2.32. The molecule has 0 aliphatic heterocycles. The number of nitrogens with zero attached hydrogens (tertiary/aromatic N) is 2. The summed E-state index contributed by atoms with van der Waals surface area (Å²) in [5.74, 6) is -0.253. The third kappa shape index (κ3) is 3.00. The minimum Gasteiger partial charge on any atom is -0.396 e. The number of anilines is 1. The minimum absolute atomic E-state index is 0.126. The van der Waals surface area contributed by atoms with Crippen LogP contribution in [0.2, 0.25) is 0 Å². The number of aromatic nitrogens is 2. The van der Waals surface area contributed by atoms with Gasteiger partial charge in [0, 0.05) is 12.2 Å². The number of carbonyl (C=O) groups excluding carboxylic acids is 1. The molecule has 0 bridgehead atoms. The molecular formula is C12H19FN4O. The molecule has 0 aromatic carbocycles. The Bertz CT molecular complexity index is 412. The first-order valence-corrected chi connectivity index (χ1v) is 6.40. The molecule has 100 valence electrons. The number of rotatable bonds is 4. The van der Waals surface area contributed by atoms with E-state index >= 15 is 0 Å². The highest BCUT2D eigenvalue weighted by atomic mass is 19.1. The summed E-state index contributed by atoms with van der Waals surface area (Å²) >= 11 is 0. The van der Waals surface area contributed by atoms with Crippen LogP contribution in [0.3, 0.4) is 0 Å². The van der Waals surface area contributed by atoms with Crippen LogP contribution in [-0.2, 0) is 6.54 Å². The molecule has 5 nitrogen and oxygen atoms in total. The molecule has 1 saturated carbocycles. The number of nitrogens with one attached hydrogen (secondary N) is 1. The molecule has 0 radical (unpaired) electrons. The van der Waals surface area contributed by atoms with Crippen molar-refractivity contribution in [1.82, 2.24) is 15.1 Å². The predicted molar refractivity (Wildman–Crippen MR) is 67.0 cm³/mol. The molecular weight excluding hydrogens is 235 g/mol. The van der Waals surface area contributed by atoms with Gasteiger partial charge >= 0.3 is 0 Å². The highest BCUT2D eigenvalue weighted by Crippen LogP contribution is 2.18. The Morgan fingerprint density at radius 1 is 1.50 bits per heavy atom. The number of hydrogen-bond acceptors (Lipinski definition) is 3. The standard InChI is InChI=1S/C12H19FN4O/c13-6-7-17-8-10(14)11(16-17)12(18)15-9-4-2-1-3-5-9/h8-9H,1-7,14H2,(H,15,18). The summed E-state index contributed by atoms with van der Waals surface area (Å²) in [6.45, 7) is -0.397. The lowest BCUT2D eigenvalue weighted by molar-refractivity contribution is 0.0922. The minimum atomic E-state index is -0.523. The fraction of sp³-hybridized carbons (Fsp3) is 0.667. The van der Waals surface area contributed by atoms with Crippen LogP contribution in [0.5, 0.6) is 0 Å². The molecule has 0 unspecified atom stereocenters. The monoisotopic (exact) mass is 254 g/mol. The van der Waals surface area contributed by atoms with Crippen LogP contribution in [0, 0.1) is 0 Å². The molecule has 1 aliphatic carbocycles. The van der Waals surface area contributed by atoms with Crippen molar-refractivity contribution < 1.29 is 9.18 Å². The normalized spacial score (nSPS) is 16.7. The Morgan fingerprint density at radius 3 is 2.89 bits per heavy atom. The van der Waals surface area contributed by atoms with Gasteiger partial charge in [-0.2, -0.15) is 5.10 Å². The molecule has 1 fully saturated rings. The number of carbonyl (C=O) groups is 1. The maximum Gasteiger partial charge on any atom is 0.274 e. The van der Waals surface area contributed by atoms with E-state index < -0.39 is 6.67 Å². The molecule has 1 amide bonds. The average Bonchev–Trinajstić information content (AvgIpc) is 2.72. The molecule has 0 atom stereocenters. The second-order valence-electron chi connectivity index (χ2n) is 4.69. The summed E-state index contributed by atoms with van der Waals surface area (Å²) in [5.41, 5.74) is 6.22. The molecule has 0 saturated heterocycles. The summed E-state index contributed by atoms with van der Waals surface area (Å²) < 4.78 is 13.6. The van der Waals surface area contributed by atoms with Gasteiger partial charge in [-0.15, -0.1) is 0 Å². The summed E-state index contributed by atoms with van der Waals surface area (Å²) in [6.07, 6.45) is 7.05. The van der Waals surface area contributed by atoms with Crippen molar-refractivity contribution in [2.45, 2.75) is 44.7 Å². The zero-order valence-corrected chi connectivity index (χ0v) is 10.4. The Kier molecular flexibility index (Phi) is 4.17. The van der Waals surface area contributed by atoms with Crippen LogP contribution in [-0.4, -0.2) is 28.4 Å². The van der Waals surface area contributed by atoms with Crippen molar-refractivity contribution in [2.24, 2.45) is 0 Å². The van der Waals surface area contributed by atoms with E-state index in [1.54, 1.807) is 0 Å². The van der Waals surface area contributed by atoms with E-state index in [9.17, 15) is 9.18 Å². The smallest absolute Gasteiger partial charge is 0.274 e. The van der Waals surface area contributed by atoms with Gasteiger partial charge in [0.15, 0.2) is 5.69 Å². The van der Waals surface area contributed by atoms with E-state index in [1.807, 2.05) is 0 Å². The lowest BCUT2D eigenvalue weighted by Crippen LogP contribution is -2.36. The largest absolute Gasteiger partial charge is 0.396 e. The average molecular weight is 254 g/mol. The number of hydrogen-bond donors (Lipinski definition) is 2. The van der Waals surface area contributed by atoms with Crippen molar-refractivity contribution in [3.8, 4) is 0 Å². The second kappa shape index (κ2) is 5.84. The van der Waals surface area contributed by atoms with E-state index in [2.05, 4.69) is 10.4 Å². The van der Waals surface area contributed by atoms with Gasteiger partial charge in [-0.3, -0.25) is 9.48 Å². The van der Waals surface area contributed by atoms with Crippen molar-refractivity contribution >= 4 is 11.6 Å². The Balaban J connectivity index is 1.99. The van der Waals surface area contributed by atoms with Crippen molar-refractivity contribution in [3.05, 3.63) is 11.9 Å². The molecule has 18 heavy (non-hydrogen) atoms. The van der Waals surface area contributed by atoms with Crippen LogP contribution in [0.1, 0.15) is 42.6 Å². The number of aryl methyl sites for hydroxylation is 1. The molecule has 0 spiro atoms. The maximum absolute atomic E-state index is 12.2. The number of nitrogens with two attached hydrogens (primary N) is 1. The second-order valence-corrected chi connectivity index (χ2v) is 4.69. The SMILES string of the molecule is Nc1cn(CCF)nc1C(=O)NC1CCCCC1. The first-order valence-electron chi connectivity index (χ1n) is 6.40. The molecule has 1 heterocycles. The first kappa shape index (κ1) is 12.9. The molecule has 3 N–H and O–H groups in total. The summed E-state index contributed by atoms with van der Waals surface area (Å²) in [5, 5.41) is 6.95. The number of amides is 1. The first-order chi connectivity index (χ1) is 8.70. The molecule has 1 aromatic rings. The van der Waals surface area contributed by atoms with Gasteiger partial charge in [0.05, 0.1) is 12.2 Å². The third-order valence-corrected chi connectivity index (χ3v) is 3.26. The van der Waals surface area contributed by atoms with Gasteiger partial charge in [-0.05, 0) is 12.8 Å². The Hall–Kier alpha value is -1.59. The molecule has 2 rings (SSSR count). The zero-order chi connectivity index (χ0) is 13.0. The highest BCUT2D eigenvalue weighted by molar-refractivity contribution is 5.97. The zero-order valence-electron chi connectivity index (χ0n) is 10.4. The van der Waals surface area contributed by atoms with Crippen molar-refractivity contribution in [2.75, 3.05) is 12.4 Å². The quantitative estimate of drug-likeness (QED) is 0.855. The van der Waals surface area contributed by atoms with Crippen LogP contribution in [0.4, 0.5) is 10.1 Å². The fourth-order valence-corrected chi connectivity index (χ4v) is 2.32. The molecule has 1 aliphatic rings. The van der Waals surface area contributed by atoms with Crippen LogP contribution < -0.4 is 11.1 Å². The van der Waals surface area contributed by atoms with E-state index in [0.29, 0.717) is 5.69 Å². The van der Waals surface area contributed by atoms with Gasteiger partial charge in [-0.25, -0.2) is 4.39 Å². The lowest BCUT2D eigenvalue weighted by atomic mass is 9.95. The summed E-state index contributed by atoms with van der Waals surface area (Å²) in [7, 11) is 0. The number of halogens is 1. The van der Waals surface area contributed by atoms with Gasteiger partial charge < -0.3 is 11.1 Å². The van der Waals surface area contributed by atoms with Gasteiger partial charge in [0.25, 0.3) is 5.91 Å².